The minimum atomic E-state index is 0.781. The number of benzene rings is 1. The van der Waals surface area contributed by atoms with E-state index in [0.717, 1.165) is 37.8 Å². The molecule has 1 saturated heterocycles. The van der Waals surface area contributed by atoms with Crippen LogP contribution in [0.1, 0.15) is 11.3 Å². The molecular formula is C17H20N2O. The third-order valence-electron chi connectivity index (χ3n) is 3.70. The van der Waals surface area contributed by atoms with Gasteiger partial charge in [0.25, 0.3) is 0 Å². The van der Waals surface area contributed by atoms with Crippen LogP contribution < -0.4 is 4.90 Å². The summed E-state index contributed by atoms with van der Waals surface area (Å²) in [6.07, 6.45) is 0. The molecule has 2 aromatic rings. The molecule has 0 unspecified atom stereocenters. The zero-order valence-electron chi connectivity index (χ0n) is 12.1. The Kier molecular flexibility index (Phi) is 3.70. The van der Waals surface area contributed by atoms with Gasteiger partial charge in [-0.15, -0.1) is 0 Å². The molecule has 0 atom stereocenters. The minimum Gasteiger partial charge on any atom is -0.378 e. The Morgan fingerprint density at radius 1 is 1.05 bits per heavy atom. The lowest BCUT2D eigenvalue weighted by Gasteiger charge is -2.30. The summed E-state index contributed by atoms with van der Waals surface area (Å²) >= 11 is 0. The summed E-state index contributed by atoms with van der Waals surface area (Å²) in [5, 5.41) is 0. The number of aromatic nitrogens is 1. The number of pyridine rings is 1. The Hall–Kier alpha value is -1.87. The second-order valence-corrected chi connectivity index (χ2v) is 5.24. The first-order valence-corrected chi connectivity index (χ1v) is 7.12. The highest BCUT2D eigenvalue weighted by atomic mass is 16.5. The fourth-order valence-corrected chi connectivity index (χ4v) is 2.78. The lowest BCUT2D eigenvalue weighted by molar-refractivity contribution is 0.122. The number of rotatable bonds is 2. The number of anilines is 1. The van der Waals surface area contributed by atoms with Crippen LogP contribution >= 0.6 is 0 Å². The number of hydrogen-bond donors (Lipinski definition) is 0. The van der Waals surface area contributed by atoms with E-state index in [1.807, 2.05) is 0 Å². The SMILES string of the molecule is Cc1cc(C)c(-c2ccccc2)c(N2CCOCC2)n1. The maximum Gasteiger partial charge on any atom is 0.137 e. The molecule has 3 nitrogen and oxygen atoms in total. The lowest BCUT2D eigenvalue weighted by atomic mass is 10.00. The first kappa shape index (κ1) is 13.1. The highest BCUT2D eigenvalue weighted by Crippen LogP contribution is 2.33. The van der Waals surface area contributed by atoms with Crippen LogP contribution in [0.15, 0.2) is 36.4 Å². The molecule has 104 valence electrons. The number of aryl methyl sites for hydroxylation is 2. The molecule has 3 rings (SSSR count). The summed E-state index contributed by atoms with van der Waals surface area (Å²) < 4.78 is 5.46. The van der Waals surface area contributed by atoms with E-state index in [1.54, 1.807) is 0 Å². The summed E-state index contributed by atoms with van der Waals surface area (Å²) in [6.45, 7) is 7.62. The fourth-order valence-electron chi connectivity index (χ4n) is 2.78. The Labute approximate surface area is 120 Å². The zero-order chi connectivity index (χ0) is 13.9. The van der Waals surface area contributed by atoms with E-state index in [-0.39, 0.29) is 0 Å². The van der Waals surface area contributed by atoms with E-state index in [4.69, 9.17) is 9.72 Å². The van der Waals surface area contributed by atoms with Crippen molar-refractivity contribution >= 4 is 5.82 Å². The molecule has 1 aromatic heterocycles. The van der Waals surface area contributed by atoms with Crippen LogP contribution in [0, 0.1) is 13.8 Å². The van der Waals surface area contributed by atoms with Gasteiger partial charge in [-0.25, -0.2) is 4.98 Å². The first-order valence-electron chi connectivity index (χ1n) is 7.12. The predicted octanol–water partition coefficient (Wildman–Crippen LogP) is 3.20. The lowest BCUT2D eigenvalue weighted by Crippen LogP contribution is -2.37. The molecule has 1 aliphatic heterocycles. The molecule has 3 heteroatoms. The van der Waals surface area contributed by atoms with Crippen LogP contribution in [0.2, 0.25) is 0 Å². The van der Waals surface area contributed by atoms with Gasteiger partial charge in [-0.1, -0.05) is 30.3 Å². The number of hydrogen-bond acceptors (Lipinski definition) is 3. The molecule has 0 bridgehead atoms. The highest BCUT2D eigenvalue weighted by Gasteiger charge is 2.19. The molecule has 2 heterocycles. The van der Waals surface area contributed by atoms with E-state index < -0.39 is 0 Å². The van der Waals surface area contributed by atoms with Crippen molar-refractivity contribution in [3.63, 3.8) is 0 Å². The van der Waals surface area contributed by atoms with Gasteiger partial charge in [0.2, 0.25) is 0 Å². The first-order chi connectivity index (χ1) is 9.75. The van der Waals surface area contributed by atoms with Gasteiger partial charge in [0.05, 0.1) is 13.2 Å². The van der Waals surface area contributed by atoms with E-state index in [2.05, 4.69) is 55.1 Å². The number of morpholine rings is 1. The molecule has 1 aliphatic rings. The Morgan fingerprint density at radius 2 is 1.75 bits per heavy atom. The van der Waals surface area contributed by atoms with Crippen molar-refractivity contribution in [2.45, 2.75) is 13.8 Å². The fraction of sp³-hybridized carbons (Fsp3) is 0.353. The smallest absolute Gasteiger partial charge is 0.137 e. The maximum atomic E-state index is 5.46. The van der Waals surface area contributed by atoms with Gasteiger partial charge in [0.15, 0.2) is 0 Å². The maximum absolute atomic E-state index is 5.46. The second-order valence-electron chi connectivity index (χ2n) is 5.24. The van der Waals surface area contributed by atoms with Crippen molar-refractivity contribution in [3.05, 3.63) is 47.7 Å². The minimum absolute atomic E-state index is 0.781. The topological polar surface area (TPSA) is 25.4 Å². The molecule has 0 radical (unpaired) electrons. The Bertz CT molecular complexity index is 589. The van der Waals surface area contributed by atoms with Crippen molar-refractivity contribution in [2.75, 3.05) is 31.2 Å². The normalized spacial score (nSPS) is 15.4. The van der Waals surface area contributed by atoms with Gasteiger partial charge in [0, 0.05) is 24.3 Å². The van der Waals surface area contributed by atoms with Crippen LogP contribution in [0.3, 0.4) is 0 Å². The van der Waals surface area contributed by atoms with Gasteiger partial charge in [-0.2, -0.15) is 0 Å². The van der Waals surface area contributed by atoms with Crippen LogP contribution in [-0.2, 0) is 4.74 Å². The average molecular weight is 268 g/mol. The third kappa shape index (κ3) is 2.54. The van der Waals surface area contributed by atoms with E-state index in [9.17, 15) is 0 Å². The van der Waals surface area contributed by atoms with Crippen molar-refractivity contribution in [3.8, 4) is 11.1 Å². The molecule has 1 fully saturated rings. The number of nitrogens with zero attached hydrogens (tertiary/aromatic N) is 2. The summed E-state index contributed by atoms with van der Waals surface area (Å²) in [5.74, 6) is 1.09. The van der Waals surface area contributed by atoms with Gasteiger partial charge in [-0.05, 0) is 31.0 Å². The average Bonchev–Trinajstić information content (AvgIpc) is 2.48. The summed E-state index contributed by atoms with van der Waals surface area (Å²) in [6, 6.07) is 12.7. The van der Waals surface area contributed by atoms with Crippen LogP contribution in [-0.4, -0.2) is 31.3 Å². The second kappa shape index (κ2) is 5.63. The van der Waals surface area contributed by atoms with Crippen LogP contribution in [0.5, 0.6) is 0 Å². The summed E-state index contributed by atoms with van der Waals surface area (Å²) in [5.41, 5.74) is 4.84. The van der Waals surface area contributed by atoms with Crippen molar-refractivity contribution in [2.24, 2.45) is 0 Å². The van der Waals surface area contributed by atoms with Gasteiger partial charge in [-0.3, -0.25) is 0 Å². The number of ether oxygens (including phenoxy) is 1. The predicted molar refractivity (Wildman–Crippen MR) is 82.2 cm³/mol. The molecule has 20 heavy (non-hydrogen) atoms. The van der Waals surface area contributed by atoms with Crippen molar-refractivity contribution in [1.82, 2.24) is 4.98 Å². The summed E-state index contributed by atoms with van der Waals surface area (Å²) in [4.78, 5) is 7.14. The molecule has 0 aliphatic carbocycles. The van der Waals surface area contributed by atoms with E-state index >= 15 is 0 Å². The van der Waals surface area contributed by atoms with Crippen molar-refractivity contribution in [1.29, 1.82) is 0 Å². The van der Waals surface area contributed by atoms with Crippen LogP contribution in [0.25, 0.3) is 11.1 Å². The molecule has 0 saturated carbocycles. The molecular weight excluding hydrogens is 248 g/mol. The molecule has 1 aromatic carbocycles. The largest absolute Gasteiger partial charge is 0.378 e. The summed E-state index contributed by atoms with van der Waals surface area (Å²) in [7, 11) is 0. The monoisotopic (exact) mass is 268 g/mol. The van der Waals surface area contributed by atoms with Gasteiger partial charge < -0.3 is 9.64 Å². The quantitative estimate of drug-likeness (QED) is 0.836. The Morgan fingerprint density at radius 3 is 2.45 bits per heavy atom. The molecule has 0 amide bonds. The third-order valence-corrected chi connectivity index (χ3v) is 3.70. The van der Waals surface area contributed by atoms with E-state index in [1.165, 1.54) is 16.7 Å². The Balaban J connectivity index is 2.12. The molecule has 0 N–H and O–H groups in total. The van der Waals surface area contributed by atoms with E-state index in [0.29, 0.717) is 0 Å². The van der Waals surface area contributed by atoms with Crippen LogP contribution in [0.4, 0.5) is 5.82 Å². The van der Waals surface area contributed by atoms with Crippen molar-refractivity contribution < 1.29 is 4.74 Å². The van der Waals surface area contributed by atoms with Gasteiger partial charge in [0.1, 0.15) is 5.82 Å². The molecule has 0 spiro atoms. The highest BCUT2D eigenvalue weighted by molar-refractivity contribution is 5.79. The standard InChI is InChI=1S/C17H20N2O/c1-13-12-14(2)18-17(19-8-10-20-11-9-19)16(13)15-6-4-3-5-7-15/h3-7,12H,8-11H2,1-2H3. The zero-order valence-corrected chi connectivity index (χ0v) is 12.1. The van der Waals surface area contributed by atoms with Gasteiger partial charge >= 0.3 is 0 Å².